The van der Waals surface area contributed by atoms with Gasteiger partial charge in [0.1, 0.15) is 0 Å². The van der Waals surface area contributed by atoms with Crippen LogP contribution in [0.4, 0.5) is 5.69 Å². The van der Waals surface area contributed by atoms with E-state index in [0.29, 0.717) is 28.3 Å². The van der Waals surface area contributed by atoms with E-state index < -0.39 is 21.6 Å². The fourth-order valence-electron chi connectivity index (χ4n) is 3.09. The summed E-state index contributed by atoms with van der Waals surface area (Å²) in [6.07, 6.45) is 3.29. The smallest absolute Gasteiger partial charge is 0.239 e. The van der Waals surface area contributed by atoms with E-state index in [2.05, 4.69) is 41.9 Å². The summed E-state index contributed by atoms with van der Waals surface area (Å²) in [7, 11) is -3.51. The van der Waals surface area contributed by atoms with Crippen LogP contribution in [0.15, 0.2) is 68.3 Å². The van der Waals surface area contributed by atoms with E-state index in [9.17, 15) is 13.2 Å². The molecule has 33 heavy (non-hydrogen) atoms. The zero-order valence-electron chi connectivity index (χ0n) is 19.5. The van der Waals surface area contributed by atoms with Crippen LogP contribution in [0, 0.1) is 0 Å². The number of amides is 1. The van der Waals surface area contributed by atoms with Crippen molar-refractivity contribution in [3.05, 3.63) is 84.4 Å². The quantitative estimate of drug-likeness (QED) is 0.416. The van der Waals surface area contributed by atoms with Crippen LogP contribution in [0.3, 0.4) is 0 Å². The van der Waals surface area contributed by atoms with Crippen molar-refractivity contribution >= 4 is 38.8 Å². The van der Waals surface area contributed by atoms with Gasteiger partial charge in [-0.1, -0.05) is 48.5 Å². The summed E-state index contributed by atoms with van der Waals surface area (Å²) < 4.78 is 26.1. The van der Waals surface area contributed by atoms with Gasteiger partial charge in [0.25, 0.3) is 0 Å². The Labute approximate surface area is 203 Å². The summed E-state index contributed by atoms with van der Waals surface area (Å²) >= 11 is 6.17. The minimum Gasteiger partial charge on any atom is -0.348 e. The predicted octanol–water partition coefficient (Wildman–Crippen LogP) is 4.77. The lowest BCUT2D eigenvalue weighted by molar-refractivity contribution is -0.125. The third-order valence-electron chi connectivity index (χ3n) is 4.74. The average Bonchev–Trinajstić information content (AvgIpc) is 2.74. The van der Waals surface area contributed by atoms with Crippen LogP contribution in [0.1, 0.15) is 37.8 Å². The molecule has 1 amide bonds. The van der Waals surface area contributed by atoms with Crippen molar-refractivity contribution in [3.63, 3.8) is 0 Å². The van der Waals surface area contributed by atoms with Crippen molar-refractivity contribution in [2.24, 2.45) is 5.73 Å². The van der Waals surface area contributed by atoms with Gasteiger partial charge in [-0.3, -0.25) is 9.52 Å². The van der Waals surface area contributed by atoms with E-state index in [-0.39, 0.29) is 5.91 Å². The zero-order valence-corrected chi connectivity index (χ0v) is 21.1. The molecule has 2 rings (SSSR count). The van der Waals surface area contributed by atoms with Crippen LogP contribution in [-0.2, 0) is 21.2 Å². The number of benzene rings is 2. The number of nitrogens with one attached hydrogen (secondary N) is 2. The Hall–Kier alpha value is -2.61. The highest BCUT2D eigenvalue weighted by molar-refractivity contribution is 7.92. The molecule has 0 fully saturated rings. The summed E-state index contributed by atoms with van der Waals surface area (Å²) in [5.41, 5.74) is 7.53. The Morgan fingerprint density at radius 3 is 2.30 bits per heavy atom. The van der Waals surface area contributed by atoms with Crippen molar-refractivity contribution in [2.75, 3.05) is 11.0 Å². The topological polar surface area (TPSA) is 101 Å². The number of sulfonamides is 1. The van der Waals surface area contributed by atoms with Crippen LogP contribution < -0.4 is 15.8 Å². The number of halogens is 1. The van der Waals surface area contributed by atoms with Gasteiger partial charge in [-0.05, 0) is 62.4 Å². The molecule has 2 aromatic rings. The third-order valence-corrected chi connectivity index (χ3v) is 5.56. The molecular formula is C25H34ClN3O3S. The Morgan fingerprint density at radius 1 is 1.15 bits per heavy atom. The SMILES string of the molecule is C=C.C=C(c1cc(Cl)ccc1NS(C)(=O)=O)C(CCCc1ccccc1)NC(=O)C(C)(C)N. The number of hydrogen-bond acceptors (Lipinski definition) is 4. The second-order valence-corrected chi connectivity index (χ2v) is 10.4. The summed E-state index contributed by atoms with van der Waals surface area (Å²) in [6.45, 7) is 13.4. The molecule has 0 aliphatic rings. The number of carbonyl (C=O) groups excluding carboxylic acids is 1. The molecule has 0 aliphatic heterocycles. The number of carbonyl (C=O) groups is 1. The Kier molecular flexibility index (Phi) is 10.8. The summed E-state index contributed by atoms with van der Waals surface area (Å²) in [6, 6.07) is 14.4. The van der Waals surface area contributed by atoms with E-state index >= 15 is 0 Å². The third kappa shape index (κ3) is 9.82. The number of anilines is 1. The van der Waals surface area contributed by atoms with E-state index in [1.807, 2.05) is 18.2 Å². The van der Waals surface area contributed by atoms with E-state index in [4.69, 9.17) is 17.3 Å². The normalized spacial score (nSPS) is 12.2. The van der Waals surface area contributed by atoms with Gasteiger partial charge in [-0.15, -0.1) is 13.2 Å². The molecule has 0 aliphatic carbocycles. The lowest BCUT2D eigenvalue weighted by atomic mass is 9.93. The van der Waals surface area contributed by atoms with Gasteiger partial charge in [0.2, 0.25) is 15.9 Å². The number of aryl methyl sites for hydroxylation is 1. The molecule has 1 unspecified atom stereocenters. The molecule has 2 aromatic carbocycles. The first-order valence-electron chi connectivity index (χ1n) is 10.5. The van der Waals surface area contributed by atoms with E-state index in [1.165, 1.54) is 5.56 Å². The highest BCUT2D eigenvalue weighted by atomic mass is 35.5. The number of nitrogens with two attached hydrogens (primary N) is 1. The van der Waals surface area contributed by atoms with E-state index in [1.54, 1.807) is 32.0 Å². The molecule has 0 bridgehead atoms. The Morgan fingerprint density at radius 2 is 1.76 bits per heavy atom. The Balaban J connectivity index is 0.00000265. The number of rotatable bonds is 10. The van der Waals surface area contributed by atoms with E-state index in [0.717, 1.165) is 19.1 Å². The van der Waals surface area contributed by atoms with Gasteiger partial charge in [0.15, 0.2) is 0 Å². The molecule has 0 spiro atoms. The van der Waals surface area contributed by atoms with Crippen molar-refractivity contribution in [1.29, 1.82) is 0 Å². The first-order valence-corrected chi connectivity index (χ1v) is 12.7. The monoisotopic (exact) mass is 491 g/mol. The average molecular weight is 492 g/mol. The van der Waals surface area contributed by atoms with Crippen LogP contribution in [0.25, 0.3) is 5.57 Å². The highest BCUT2D eigenvalue weighted by Crippen LogP contribution is 2.31. The fraction of sp³-hybridized carbons (Fsp3) is 0.320. The lowest BCUT2D eigenvalue weighted by Crippen LogP contribution is -2.52. The molecule has 1 atom stereocenters. The number of hydrogen-bond donors (Lipinski definition) is 3. The predicted molar refractivity (Wildman–Crippen MR) is 140 cm³/mol. The van der Waals surface area contributed by atoms with Crippen LogP contribution in [0.2, 0.25) is 5.02 Å². The molecule has 0 saturated heterocycles. The second-order valence-electron chi connectivity index (χ2n) is 8.21. The molecule has 4 N–H and O–H groups in total. The molecule has 0 radical (unpaired) electrons. The maximum absolute atomic E-state index is 12.6. The summed E-state index contributed by atoms with van der Waals surface area (Å²) in [5, 5.41) is 3.40. The largest absolute Gasteiger partial charge is 0.348 e. The summed E-state index contributed by atoms with van der Waals surface area (Å²) in [4.78, 5) is 12.6. The zero-order chi connectivity index (χ0) is 25.2. The van der Waals surface area contributed by atoms with Gasteiger partial charge in [-0.25, -0.2) is 8.42 Å². The second kappa shape index (κ2) is 12.6. The minimum absolute atomic E-state index is 0.321. The van der Waals surface area contributed by atoms with Gasteiger partial charge in [-0.2, -0.15) is 0 Å². The summed E-state index contributed by atoms with van der Waals surface area (Å²) in [5.74, 6) is -0.321. The van der Waals surface area contributed by atoms with Crippen molar-refractivity contribution < 1.29 is 13.2 Å². The van der Waals surface area contributed by atoms with Crippen molar-refractivity contribution in [1.82, 2.24) is 5.32 Å². The van der Waals surface area contributed by atoms with Gasteiger partial charge < -0.3 is 11.1 Å². The standard InChI is InChI=1S/C23H30ClN3O3S.C2H4/c1-16(19-15-18(24)13-14-21(19)27-31(4,29)30)20(26-22(28)23(2,3)25)12-8-11-17-9-6-5-7-10-17;1-2/h5-7,9-10,13-15,20,27H,1,8,11-12,25H2,2-4H3,(H,26,28);1-2H2. The maximum Gasteiger partial charge on any atom is 0.239 e. The molecule has 8 heteroatoms. The minimum atomic E-state index is -3.51. The molecular weight excluding hydrogens is 458 g/mol. The maximum atomic E-state index is 12.6. The van der Waals surface area contributed by atoms with Gasteiger partial charge in [0.05, 0.1) is 23.5 Å². The molecule has 0 aromatic heterocycles. The Bertz CT molecular complexity index is 1050. The van der Waals surface area contributed by atoms with Crippen LogP contribution >= 0.6 is 11.6 Å². The molecule has 180 valence electrons. The van der Waals surface area contributed by atoms with Gasteiger partial charge >= 0.3 is 0 Å². The van der Waals surface area contributed by atoms with Gasteiger partial charge in [0, 0.05) is 10.6 Å². The lowest BCUT2D eigenvalue weighted by Gasteiger charge is -2.27. The first kappa shape index (κ1) is 28.4. The first-order chi connectivity index (χ1) is 15.4. The van der Waals surface area contributed by atoms with Crippen LogP contribution in [-0.4, -0.2) is 32.2 Å². The van der Waals surface area contributed by atoms with Crippen LogP contribution in [0.5, 0.6) is 0 Å². The molecule has 0 saturated carbocycles. The highest BCUT2D eigenvalue weighted by Gasteiger charge is 2.27. The van der Waals surface area contributed by atoms with Crippen molar-refractivity contribution in [2.45, 2.75) is 44.7 Å². The molecule has 6 nitrogen and oxygen atoms in total. The fourth-order valence-corrected chi connectivity index (χ4v) is 3.84. The molecule has 0 heterocycles. The van der Waals surface area contributed by atoms with Crippen molar-refractivity contribution in [3.8, 4) is 0 Å².